The standard InChI is InChI=1S/C27H35N4.BrH/c1-9-24(28-26-20(4)12-18(2)13-21(26)5)25(16-31-11-10-30(8)17-31)29-27-22(6)14-19(3)15-23(27)7;/h10-15,17H,9,16H2,1-8H3;1H/q+1;/p-1. The molecule has 0 N–H and O–H groups in total. The first kappa shape index (κ1) is 25.7. The minimum Gasteiger partial charge on any atom is -1.00 e. The summed E-state index contributed by atoms with van der Waals surface area (Å²) in [6, 6.07) is 8.82. The number of imidazole rings is 1. The predicted octanol–water partition coefficient (Wildman–Crippen LogP) is 3.12. The van der Waals surface area contributed by atoms with Crippen LogP contribution in [0.2, 0.25) is 0 Å². The Labute approximate surface area is 203 Å². The van der Waals surface area contributed by atoms with Crippen molar-refractivity contribution in [3.63, 3.8) is 0 Å². The van der Waals surface area contributed by atoms with E-state index in [-0.39, 0.29) is 17.0 Å². The van der Waals surface area contributed by atoms with Crippen LogP contribution in [0.1, 0.15) is 46.7 Å². The van der Waals surface area contributed by atoms with Gasteiger partial charge < -0.3 is 17.0 Å². The van der Waals surface area contributed by atoms with Gasteiger partial charge in [-0.2, -0.15) is 0 Å². The van der Waals surface area contributed by atoms with Gasteiger partial charge >= 0.3 is 0 Å². The molecule has 0 atom stereocenters. The van der Waals surface area contributed by atoms with Crippen LogP contribution < -0.4 is 21.5 Å². The van der Waals surface area contributed by atoms with Crippen molar-refractivity contribution >= 4 is 22.8 Å². The van der Waals surface area contributed by atoms with Gasteiger partial charge in [0.1, 0.15) is 24.7 Å². The molecule has 0 unspecified atom stereocenters. The monoisotopic (exact) mass is 494 g/mol. The summed E-state index contributed by atoms with van der Waals surface area (Å²) >= 11 is 0. The van der Waals surface area contributed by atoms with E-state index in [1.807, 2.05) is 7.05 Å². The maximum Gasteiger partial charge on any atom is 0.243 e. The number of benzene rings is 2. The molecule has 2 aromatic carbocycles. The highest BCUT2D eigenvalue weighted by Crippen LogP contribution is 2.28. The number of aromatic nitrogens is 2. The number of nitrogens with zero attached hydrogens (tertiary/aromatic N) is 4. The van der Waals surface area contributed by atoms with Crippen molar-refractivity contribution in [2.24, 2.45) is 17.0 Å². The van der Waals surface area contributed by atoms with E-state index in [2.05, 4.69) is 101 Å². The van der Waals surface area contributed by atoms with E-state index in [1.54, 1.807) is 0 Å². The lowest BCUT2D eigenvalue weighted by atomic mass is 10.0. The third-order valence-corrected chi connectivity index (χ3v) is 5.59. The van der Waals surface area contributed by atoms with Crippen LogP contribution in [0, 0.1) is 41.5 Å². The Morgan fingerprint density at radius 3 is 1.59 bits per heavy atom. The first-order valence-electron chi connectivity index (χ1n) is 11.0. The first-order chi connectivity index (χ1) is 14.7. The fourth-order valence-corrected chi connectivity index (χ4v) is 4.27. The molecule has 0 aliphatic rings. The van der Waals surface area contributed by atoms with Gasteiger partial charge in [-0.1, -0.05) is 42.3 Å². The normalized spacial score (nSPS) is 12.1. The summed E-state index contributed by atoms with van der Waals surface area (Å²) in [6.07, 6.45) is 7.04. The minimum atomic E-state index is 0. The van der Waals surface area contributed by atoms with Crippen molar-refractivity contribution in [2.75, 3.05) is 0 Å². The molecule has 0 aliphatic heterocycles. The molecule has 5 heteroatoms. The van der Waals surface area contributed by atoms with E-state index in [0.29, 0.717) is 6.54 Å². The van der Waals surface area contributed by atoms with Gasteiger partial charge in [0.25, 0.3) is 0 Å². The van der Waals surface area contributed by atoms with Crippen LogP contribution in [-0.4, -0.2) is 16.0 Å². The van der Waals surface area contributed by atoms with Crippen LogP contribution in [-0.2, 0) is 13.6 Å². The summed E-state index contributed by atoms with van der Waals surface area (Å²) in [5.74, 6) is 0. The number of aryl methyl sites for hydroxylation is 7. The molecule has 0 aliphatic carbocycles. The second kappa shape index (κ2) is 10.9. The van der Waals surface area contributed by atoms with Crippen LogP contribution in [0.4, 0.5) is 11.4 Å². The number of halogens is 1. The summed E-state index contributed by atoms with van der Waals surface area (Å²) < 4.78 is 4.22. The zero-order valence-electron chi connectivity index (χ0n) is 20.6. The molecule has 0 radical (unpaired) electrons. The molecular formula is C27H35BrN4. The summed E-state index contributed by atoms with van der Waals surface area (Å²) in [5.41, 5.74) is 11.5. The van der Waals surface area contributed by atoms with Crippen LogP contribution in [0.25, 0.3) is 0 Å². The highest BCUT2D eigenvalue weighted by molar-refractivity contribution is 6.43. The van der Waals surface area contributed by atoms with Gasteiger partial charge in [-0.15, -0.1) is 0 Å². The van der Waals surface area contributed by atoms with E-state index >= 15 is 0 Å². The minimum absolute atomic E-state index is 0. The molecule has 0 spiro atoms. The summed E-state index contributed by atoms with van der Waals surface area (Å²) in [4.78, 5) is 10.4. The highest BCUT2D eigenvalue weighted by Gasteiger charge is 2.16. The average molecular weight is 496 g/mol. The van der Waals surface area contributed by atoms with Crippen LogP contribution in [0.3, 0.4) is 0 Å². The van der Waals surface area contributed by atoms with Gasteiger partial charge in [-0.3, -0.25) is 4.99 Å². The van der Waals surface area contributed by atoms with Crippen molar-refractivity contribution in [1.29, 1.82) is 0 Å². The second-order valence-electron chi connectivity index (χ2n) is 8.72. The Morgan fingerprint density at radius 1 is 0.781 bits per heavy atom. The molecule has 0 amide bonds. The van der Waals surface area contributed by atoms with Gasteiger partial charge in [-0.05, 0) is 70.2 Å². The fraction of sp³-hybridized carbons (Fsp3) is 0.370. The van der Waals surface area contributed by atoms with Gasteiger partial charge in [0, 0.05) is 0 Å². The van der Waals surface area contributed by atoms with Gasteiger partial charge in [0.15, 0.2) is 0 Å². The molecular weight excluding hydrogens is 460 g/mol. The van der Waals surface area contributed by atoms with E-state index in [1.165, 1.54) is 33.4 Å². The van der Waals surface area contributed by atoms with E-state index < -0.39 is 0 Å². The Balaban J connectivity index is 0.00000363. The second-order valence-corrected chi connectivity index (χ2v) is 8.72. The molecule has 1 aromatic heterocycles. The highest BCUT2D eigenvalue weighted by atomic mass is 79.9. The zero-order valence-corrected chi connectivity index (χ0v) is 22.2. The number of aliphatic imine (C=N–C) groups is 2. The lowest BCUT2D eigenvalue weighted by molar-refractivity contribution is -0.671. The van der Waals surface area contributed by atoms with E-state index in [9.17, 15) is 0 Å². The van der Waals surface area contributed by atoms with E-state index in [0.717, 1.165) is 29.2 Å². The van der Waals surface area contributed by atoms with Crippen molar-refractivity contribution in [2.45, 2.75) is 61.4 Å². The van der Waals surface area contributed by atoms with Crippen molar-refractivity contribution < 1.29 is 21.5 Å². The Bertz CT molecular complexity index is 1120. The third-order valence-electron chi connectivity index (χ3n) is 5.59. The number of hydrogen-bond donors (Lipinski definition) is 0. The fourth-order valence-electron chi connectivity index (χ4n) is 4.27. The smallest absolute Gasteiger partial charge is 0.243 e. The van der Waals surface area contributed by atoms with Crippen molar-refractivity contribution in [1.82, 2.24) is 4.57 Å². The maximum atomic E-state index is 5.20. The zero-order chi connectivity index (χ0) is 22.7. The summed E-state index contributed by atoms with van der Waals surface area (Å²) in [6.45, 7) is 15.7. The molecule has 3 rings (SSSR count). The molecule has 3 aromatic rings. The maximum absolute atomic E-state index is 5.20. The van der Waals surface area contributed by atoms with Crippen LogP contribution >= 0.6 is 0 Å². The van der Waals surface area contributed by atoms with E-state index in [4.69, 9.17) is 9.98 Å². The lowest BCUT2D eigenvalue weighted by Crippen LogP contribution is -3.00. The molecule has 4 nitrogen and oxygen atoms in total. The molecule has 32 heavy (non-hydrogen) atoms. The summed E-state index contributed by atoms with van der Waals surface area (Å²) in [7, 11) is 2.04. The molecule has 0 saturated carbocycles. The SMILES string of the molecule is CCC(=Nc1c(C)cc(C)cc1C)C(Cn1cc[n+](C)c1)=Nc1c(C)cc(C)cc1C.[Br-]. The topological polar surface area (TPSA) is 33.5 Å². The number of rotatable bonds is 6. The van der Waals surface area contributed by atoms with Gasteiger partial charge in [0.05, 0.1) is 24.1 Å². The van der Waals surface area contributed by atoms with Crippen LogP contribution in [0.15, 0.2) is 53.0 Å². The molecule has 0 saturated heterocycles. The Kier molecular flexibility index (Phi) is 8.73. The lowest BCUT2D eigenvalue weighted by Gasteiger charge is -2.13. The third kappa shape index (κ3) is 6.04. The molecule has 170 valence electrons. The molecule has 0 fully saturated rings. The average Bonchev–Trinajstić information content (AvgIpc) is 3.08. The van der Waals surface area contributed by atoms with Gasteiger partial charge in [0.2, 0.25) is 6.33 Å². The van der Waals surface area contributed by atoms with Crippen molar-refractivity contribution in [3.05, 3.63) is 76.4 Å². The van der Waals surface area contributed by atoms with Crippen LogP contribution in [0.5, 0.6) is 0 Å². The molecule has 0 bridgehead atoms. The predicted molar refractivity (Wildman–Crippen MR) is 131 cm³/mol. The molecule has 1 heterocycles. The number of hydrogen-bond acceptors (Lipinski definition) is 2. The Hall–Kier alpha value is -2.53. The largest absolute Gasteiger partial charge is 1.00 e. The summed E-state index contributed by atoms with van der Waals surface area (Å²) in [5, 5.41) is 0. The van der Waals surface area contributed by atoms with Gasteiger partial charge in [-0.25, -0.2) is 14.1 Å². The quantitative estimate of drug-likeness (QED) is 0.372. The van der Waals surface area contributed by atoms with Crippen molar-refractivity contribution in [3.8, 4) is 0 Å². The first-order valence-corrected chi connectivity index (χ1v) is 11.0. The Morgan fingerprint density at radius 2 is 1.22 bits per heavy atom.